The average Bonchev–Trinajstić information content (AvgIpc) is 2.53. The Kier molecular flexibility index (Phi) is 4.41. The van der Waals surface area contributed by atoms with Gasteiger partial charge < -0.3 is 14.6 Å². The van der Waals surface area contributed by atoms with Crippen LogP contribution in [0.25, 0.3) is 0 Å². The standard InChI is InChI=1S/C16H13FO5/c1-21-11-7-12(17)14(13(18)8-11)15(19)9-3-5-10(6-4-9)16(20)22-2/h3-8,18H,1-2H3. The molecule has 22 heavy (non-hydrogen) atoms. The number of benzene rings is 2. The Morgan fingerprint density at radius 3 is 2.14 bits per heavy atom. The molecule has 0 saturated heterocycles. The number of esters is 1. The van der Waals surface area contributed by atoms with Crippen molar-refractivity contribution in [1.29, 1.82) is 0 Å². The van der Waals surface area contributed by atoms with Gasteiger partial charge in [-0.25, -0.2) is 9.18 Å². The molecule has 0 heterocycles. The maximum absolute atomic E-state index is 14.0. The molecule has 0 aliphatic rings. The van der Waals surface area contributed by atoms with Crippen molar-refractivity contribution in [3.63, 3.8) is 0 Å². The summed E-state index contributed by atoms with van der Waals surface area (Å²) in [7, 11) is 2.56. The molecule has 0 spiro atoms. The molecule has 2 rings (SSSR count). The third-order valence-corrected chi connectivity index (χ3v) is 3.07. The van der Waals surface area contributed by atoms with Crippen LogP contribution in [0.2, 0.25) is 0 Å². The van der Waals surface area contributed by atoms with Gasteiger partial charge in [0.05, 0.1) is 19.8 Å². The third kappa shape index (κ3) is 2.90. The number of ether oxygens (including phenoxy) is 2. The van der Waals surface area contributed by atoms with Crippen LogP contribution in [0.1, 0.15) is 26.3 Å². The molecule has 2 aromatic carbocycles. The molecule has 0 aliphatic carbocycles. The lowest BCUT2D eigenvalue weighted by atomic mass is 10.0. The molecule has 0 amide bonds. The zero-order chi connectivity index (χ0) is 16.3. The summed E-state index contributed by atoms with van der Waals surface area (Å²) in [5.74, 6) is -2.54. The Labute approximate surface area is 125 Å². The van der Waals surface area contributed by atoms with E-state index in [2.05, 4.69) is 4.74 Å². The van der Waals surface area contributed by atoms with Gasteiger partial charge in [0.25, 0.3) is 0 Å². The monoisotopic (exact) mass is 304 g/mol. The number of phenolic OH excluding ortho intramolecular Hbond substituents is 1. The lowest BCUT2D eigenvalue weighted by molar-refractivity contribution is 0.0600. The highest BCUT2D eigenvalue weighted by atomic mass is 19.1. The van der Waals surface area contributed by atoms with Crippen LogP contribution >= 0.6 is 0 Å². The smallest absolute Gasteiger partial charge is 0.337 e. The fraction of sp³-hybridized carbons (Fsp3) is 0.125. The van der Waals surface area contributed by atoms with Crippen molar-refractivity contribution in [2.75, 3.05) is 14.2 Å². The molecular formula is C16H13FO5. The van der Waals surface area contributed by atoms with Gasteiger partial charge in [0, 0.05) is 17.7 Å². The number of hydrogen-bond acceptors (Lipinski definition) is 5. The Hall–Kier alpha value is -2.89. The highest BCUT2D eigenvalue weighted by Gasteiger charge is 2.20. The normalized spacial score (nSPS) is 10.1. The lowest BCUT2D eigenvalue weighted by Gasteiger charge is -2.08. The van der Waals surface area contributed by atoms with E-state index in [0.29, 0.717) is 0 Å². The van der Waals surface area contributed by atoms with Gasteiger partial charge in [0.15, 0.2) is 5.78 Å². The Morgan fingerprint density at radius 2 is 1.64 bits per heavy atom. The van der Waals surface area contributed by atoms with Crippen LogP contribution in [0.5, 0.6) is 11.5 Å². The second-order valence-corrected chi connectivity index (χ2v) is 4.40. The molecular weight excluding hydrogens is 291 g/mol. The third-order valence-electron chi connectivity index (χ3n) is 3.07. The number of halogens is 1. The van der Waals surface area contributed by atoms with Gasteiger partial charge in [-0.2, -0.15) is 0 Å². The van der Waals surface area contributed by atoms with Gasteiger partial charge >= 0.3 is 5.97 Å². The van der Waals surface area contributed by atoms with Crippen molar-refractivity contribution in [2.24, 2.45) is 0 Å². The van der Waals surface area contributed by atoms with Gasteiger partial charge in [-0.1, -0.05) is 12.1 Å². The largest absolute Gasteiger partial charge is 0.507 e. The van der Waals surface area contributed by atoms with Gasteiger partial charge in [-0.3, -0.25) is 4.79 Å². The number of aromatic hydroxyl groups is 1. The maximum atomic E-state index is 14.0. The topological polar surface area (TPSA) is 72.8 Å². The second-order valence-electron chi connectivity index (χ2n) is 4.40. The van der Waals surface area contributed by atoms with E-state index in [1.54, 1.807) is 0 Å². The molecule has 1 N–H and O–H groups in total. The van der Waals surface area contributed by atoms with E-state index in [1.807, 2.05) is 0 Å². The zero-order valence-corrected chi connectivity index (χ0v) is 11.9. The molecule has 2 aromatic rings. The van der Waals surface area contributed by atoms with Crippen LogP contribution in [-0.4, -0.2) is 31.1 Å². The first-order valence-electron chi connectivity index (χ1n) is 6.27. The summed E-state index contributed by atoms with van der Waals surface area (Å²) >= 11 is 0. The van der Waals surface area contributed by atoms with Crippen molar-refractivity contribution in [3.8, 4) is 11.5 Å². The first-order chi connectivity index (χ1) is 10.5. The number of carbonyl (C=O) groups excluding carboxylic acids is 2. The van der Waals surface area contributed by atoms with Crippen LogP contribution in [0.15, 0.2) is 36.4 Å². The fourth-order valence-electron chi connectivity index (χ4n) is 1.93. The van der Waals surface area contributed by atoms with E-state index in [0.717, 1.165) is 12.1 Å². The Balaban J connectivity index is 2.38. The van der Waals surface area contributed by atoms with Crippen molar-refractivity contribution >= 4 is 11.8 Å². The predicted octanol–water partition coefficient (Wildman–Crippen LogP) is 2.56. The first-order valence-corrected chi connectivity index (χ1v) is 6.27. The fourth-order valence-corrected chi connectivity index (χ4v) is 1.93. The van der Waals surface area contributed by atoms with E-state index in [9.17, 15) is 19.1 Å². The summed E-state index contributed by atoms with van der Waals surface area (Å²) < 4.78 is 23.3. The van der Waals surface area contributed by atoms with Gasteiger partial charge in [0.2, 0.25) is 0 Å². The SMILES string of the molecule is COC(=O)c1ccc(C(=O)c2c(O)cc(OC)cc2F)cc1. The summed E-state index contributed by atoms with van der Waals surface area (Å²) in [5, 5.41) is 9.80. The van der Waals surface area contributed by atoms with E-state index in [4.69, 9.17) is 4.74 Å². The van der Waals surface area contributed by atoms with Crippen molar-refractivity contribution in [2.45, 2.75) is 0 Å². The average molecular weight is 304 g/mol. The predicted molar refractivity (Wildman–Crippen MR) is 75.8 cm³/mol. The molecule has 0 unspecified atom stereocenters. The number of phenols is 1. The second kappa shape index (κ2) is 6.26. The highest BCUT2D eigenvalue weighted by molar-refractivity contribution is 6.11. The van der Waals surface area contributed by atoms with E-state index in [1.165, 1.54) is 38.5 Å². The minimum atomic E-state index is -0.890. The Bertz CT molecular complexity index is 699. The zero-order valence-electron chi connectivity index (χ0n) is 11.9. The molecule has 0 aliphatic heterocycles. The number of rotatable bonds is 4. The molecule has 0 fully saturated rings. The van der Waals surface area contributed by atoms with Crippen LogP contribution in [0.3, 0.4) is 0 Å². The molecule has 0 radical (unpaired) electrons. The van der Waals surface area contributed by atoms with Crippen LogP contribution in [0, 0.1) is 5.82 Å². The van der Waals surface area contributed by atoms with Gasteiger partial charge in [0.1, 0.15) is 22.9 Å². The maximum Gasteiger partial charge on any atom is 0.337 e. The van der Waals surface area contributed by atoms with Gasteiger partial charge in [-0.15, -0.1) is 0 Å². The van der Waals surface area contributed by atoms with E-state index >= 15 is 0 Å². The highest BCUT2D eigenvalue weighted by Crippen LogP contribution is 2.29. The molecule has 6 heteroatoms. The van der Waals surface area contributed by atoms with Crippen LogP contribution in [-0.2, 0) is 4.74 Å². The summed E-state index contributed by atoms with van der Waals surface area (Å²) in [6.45, 7) is 0. The minimum absolute atomic E-state index is 0.104. The summed E-state index contributed by atoms with van der Waals surface area (Å²) in [6.07, 6.45) is 0. The molecule has 114 valence electrons. The number of ketones is 1. The molecule has 0 aromatic heterocycles. The van der Waals surface area contributed by atoms with Crippen molar-refractivity contribution in [1.82, 2.24) is 0 Å². The molecule has 0 bridgehead atoms. The minimum Gasteiger partial charge on any atom is -0.507 e. The van der Waals surface area contributed by atoms with Crippen LogP contribution < -0.4 is 4.74 Å². The summed E-state index contributed by atoms with van der Waals surface area (Å²) in [5.41, 5.74) is -0.0582. The van der Waals surface area contributed by atoms with E-state index < -0.39 is 28.9 Å². The van der Waals surface area contributed by atoms with Gasteiger partial charge in [-0.05, 0) is 12.1 Å². The van der Waals surface area contributed by atoms with Crippen molar-refractivity contribution < 1.29 is 28.6 Å². The number of methoxy groups -OCH3 is 2. The first kappa shape index (κ1) is 15.5. The quantitative estimate of drug-likeness (QED) is 0.694. The Morgan fingerprint density at radius 1 is 1.05 bits per heavy atom. The number of carbonyl (C=O) groups is 2. The van der Waals surface area contributed by atoms with Crippen molar-refractivity contribution in [3.05, 3.63) is 58.9 Å². The van der Waals surface area contributed by atoms with Crippen LogP contribution in [0.4, 0.5) is 4.39 Å². The summed E-state index contributed by atoms with van der Waals surface area (Å²) in [6, 6.07) is 7.65. The molecule has 5 nitrogen and oxygen atoms in total. The molecule has 0 atom stereocenters. The molecule has 0 saturated carbocycles. The number of hydrogen-bond donors (Lipinski definition) is 1. The lowest BCUT2D eigenvalue weighted by Crippen LogP contribution is -2.07. The van der Waals surface area contributed by atoms with E-state index in [-0.39, 0.29) is 16.9 Å². The summed E-state index contributed by atoms with van der Waals surface area (Å²) in [4.78, 5) is 23.6.